The summed E-state index contributed by atoms with van der Waals surface area (Å²) in [5.41, 5.74) is 1.41. The molecule has 30 heavy (non-hydrogen) atoms. The first-order valence-corrected chi connectivity index (χ1v) is 9.98. The van der Waals surface area contributed by atoms with Gasteiger partial charge in [-0.25, -0.2) is 4.98 Å². The van der Waals surface area contributed by atoms with Gasteiger partial charge in [0.2, 0.25) is 5.89 Å². The largest absolute Gasteiger partial charge is 0.468 e. The van der Waals surface area contributed by atoms with E-state index in [0.717, 1.165) is 32.7 Å². The van der Waals surface area contributed by atoms with Crippen molar-refractivity contribution in [2.75, 3.05) is 53.4 Å². The van der Waals surface area contributed by atoms with Crippen LogP contribution >= 0.6 is 0 Å². The summed E-state index contributed by atoms with van der Waals surface area (Å²) < 4.78 is 10.0. The number of nitrogens with zero attached hydrogens (tertiary/aromatic N) is 4. The fraction of sp³-hybridized carbons (Fsp3) is 0.409. The van der Waals surface area contributed by atoms with Gasteiger partial charge in [-0.3, -0.25) is 19.4 Å². The SMILES string of the molecule is COC(=O)CN(C)C(=O)c1coc(CN2CCN(CC=Cc3ccccc3)CC2)n1. The number of oxazole rings is 1. The summed E-state index contributed by atoms with van der Waals surface area (Å²) in [6, 6.07) is 10.3. The predicted octanol–water partition coefficient (Wildman–Crippen LogP) is 1.75. The van der Waals surface area contributed by atoms with E-state index in [0.29, 0.717) is 12.4 Å². The molecule has 0 spiro atoms. The Morgan fingerprint density at radius 2 is 1.87 bits per heavy atom. The smallest absolute Gasteiger partial charge is 0.325 e. The van der Waals surface area contributed by atoms with Crippen LogP contribution in [0.5, 0.6) is 0 Å². The topological polar surface area (TPSA) is 79.1 Å². The van der Waals surface area contributed by atoms with E-state index in [1.54, 1.807) is 0 Å². The molecule has 1 saturated heterocycles. The number of rotatable bonds is 8. The van der Waals surface area contributed by atoms with E-state index in [-0.39, 0.29) is 18.1 Å². The second-order valence-electron chi connectivity index (χ2n) is 7.25. The average Bonchev–Trinajstić information content (AvgIpc) is 3.23. The molecule has 1 aliphatic heterocycles. The fourth-order valence-electron chi connectivity index (χ4n) is 3.23. The molecule has 160 valence electrons. The number of amides is 1. The number of hydrogen-bond acceptors (Lipinski definition) is 7. The van der Waals surface area contributed by atoms with Gasteiger partial charge in [0.05, 0.1) is 13.7 Å². The molecule has 1 aromatic carbocycles. The third-order valence-electron chi connectivity index (χ3n) is 5.01. The zero-order valence-electron chi connectivity index (χ0n) is 17.5. The zero-order chi connectivity index (χ0) is 21.3. The number of carbonyl (C=O) groups excluding carboxylic acids is 2. The lowest BCUT2D eigenvalue weighted by atomic mass is 10.2. The van der Waals surface area contributed by atoms with E-state index >= 15 is 0 Å². The lowest BCUT2D eigenvalue weighted by Gasteiger charge is -2.33. The highest BCUT2D eigenvalue weighted by Gasteiger charge is 2.21. The van der Waals surface area contributed by atoms with Crippen molar-refractivity contribution in [3.63, 3.8) is 0 Å². The molecule has 1 aromatic heterocycles. The number of esters is 1. The van der Waals surface area contributed by atoms with Gasteiger partial charge in [0, 0.05) is 39.8 Å². The number of carbonyl (C=O) groups is 2. The van der Waals surface area contributed by atoms with Crippen LogP contribution in [-0.4, -0.2) is 85.0 Å². The second kappa shape index (κ2) is 10.7. The normalized spacial score (nSPS) is 15.4. The van der Waals surface area contributed by atoms with Crippen LogP contribution in [0.1, 0.15) is 21.9 Å². The van der Waals surface area contributed by atoms with Crippen LogP contribution in [-0.2, 0) is 16.1 Å². The molecule has 8 heteroatoms. The van der Waals surface area contributed by atoms with Crippen LogP contribution in [0.2, 0.25) is 0 Å². The van der Waals surface area contributed by atoms with Gasteiger partial charge < -0.3 is 14.1 Å². The molecule has 0 radical (unpaired) electrons. The lowest BCUT2D eigenvalue weighted by molar-refractivity contribution is -0.141. The number of likely N-dealkylation sites (N-methyl/N-ethyl adjacent to an activating group) is 1. The summed E-state index contributed by atoms with van der Waals surface area (Å²) in [5.74, 6) is -0.348. The molecule has 0 saturated carbocycles. The molecule has 1 fully saturated rings. The first kappa shape index (κ1) is 21.7. The molecule has 0 unspecified atom stereocenters. The molecule has 2 heterocycles. The summed E-state index contributed by atoms with van der Waals surface area (Å²) in [5, 5.41) is 0. The molecule has 1 amide bonds. The van der Waals surface area contributed by atoms with Gasteiger partial charge in [-0.05, 0) is 5.56 Å². The molecule has 2 aromatic rings. The quantitative estimate of drug-likeness (QED) is 0.611. The van der Waals surface area contributed by atoms with Crippen LogP contribution < -0.4 is 0 Å². The number of piperazine rings is 1. The first-order valence-electron chi connectivity index (χ1n) is 9.98. The molecular weight excluding hydrogens is 384 g/mol. The first-order chi connectivity index (χ1) is 14.5. The minimum absolute atomic E-state index is 0.127. The third kappa shape index (κ3) is 6.27. The Kier molecular flexibility index (Phi) is 7.75. The predicted molar refractivity (Wildman–Crippen MR) is 113 cm³/mol. The van der Waals surface area contributed by atoms with Crippen LogP contribution in [0, 0.1) is 0 Å². The van der Waals surface area contributed by atoms with Gasteiger partial charge in [-0.15, -0.1) is 0 Å². The number of methoxy groups -OCH3 is 1. The summed E-state index contributed by atoms with van der Waals surface area (Å²) in [4.78, 5) is 33.8. The Hall–Kier alpha value is -2.97. The Balaban J connectivity index is 1.42. The van der Waals surface area contributed by atoms with Crippen molar-refractivity contribution in [1.29, 1.82) is 0 Å². The van der Waals surface area contributed by atoms with E-state index < -0.39 is 5.97 Å². The third-order valence-corrected chi connectivity index (χ3v) is 5.01. The molecule has 0 bridgehead atoms. The molecule has 0 N–H and O–H groups in total. The second-order valence-corrected chi connectivity index (χ2v) is 7.25. The van der Waals surface area contributed by atoms with Crippen LogP contribution in [0.3, 0.4) is 0 Å². The highest BCUT2D eigenvalue weighted by atomic mass is 16.5. The Bertz CT molecular complexity index is 857. The van der Waals surface area contributed by atoms with Gasteiger partial charge in [0.1, 0.15) is 12.8 Å². The van der Waals surface area contributed by atoms with Crippen molar-refractivity contribution in [2.45, 2.75) is 6.54 Å². The van der Waals surface area contributed by atoms with E-state index in [1.807, 2.05) is 18.2 Å². The van der Waals surface area contributed by atoms with Crippen LogP contribution in [0.4, 0.5) is 0 Å². The van der Waals surface area contributed by atoms with E-state index in [2.05, 4.69) is 43.8 Å². The average molecular weight is 412 g/mol. The molecule has 8 nitrogen and oxygen atoms in total. The standard InChI is InChI=1S/C22H28N4O4/c1-24(16-21(27)29-2)22(28)19-17-30-20(23-19)15-26-13-11-25(12-14-26)10-6-9-18-7-4-3-5-8-18/h3-9,17H,10-16H2,1-2H3. The maximum Gasteiger partial charge on any atom is 0.325 e. The zero-order valence-corrected chi connectivity index (χ0v) is 17.5. The van der Waals surface area contributed by atoms with Gasteiger partial charge in [-0.2, -0.15) is 0 Å². The monoisotopic (exact) mass is 412 g/mol. The van der Waals surface area contributed by atoms with E-state index in [1.165, 1.54) is 30.9 Å². The summed E-state index contributed by atoms with van der Waals surface area (Å²) in [6.45, 7) is 5.11. The molecule has 3 rings (SSSR count). The van der Waals surface area contributed by atoms with Crippen molar-refractivity contribution in [1.82, 2.24) is 19.7 Å². The Labute approximate surface area is 176 Å². The minimum atomic E-state index is -0.481. The summed E-state index contributed by atoms with van der Waals surface area (Å²) in [7, 11) is 2.81. The highest BCUT2D eigenvalue weighted by Crippen LogP contribution is 2.11. The van der Waals surface area contributed by atoms with E-state index in [9.17, 15) is 9.59 Å². The maximum atomic E-state index is 12.3. The number of hydrogen-bond donors (Lipinski definition) is 0. The maximum absolute atomic E-state index is 12.3. The summed E-state index contributed by atoms with van der Waals surface area (Å²) in [6.07, 6.45) is 5.69. The molecular formula is C22H28N4O4. The van der Waals surface area contributed by atoms with Gasteiger partial charge in [-0.1, -0.05) is 42.5 Å². The number of ether oxygens (including phenoxy) is 1. The number of benzene rings is 1. The van der Waals surface area contributed by atoms with Crippen molar-refractivity contribution >= 4 is 18.0 Å². The molecule has 0 aliphatic carbocycles. The fourth-order valence-corrected chi connectivity index (χ4v) is 3.23. The lowest BCUT2D eigenvalue weighted by Crippen LogP contribution is -2.45. The van der Waals surface area contributed by atoms with Crippen molar-refractivity contribution in [3.8, 4) is 0 Å². The van der Waals surface area contributed by atoms with Crippen molar-refractivity contribution in [3.05, 3.63) is 59.8 Å². The van der Waals surface area contributed by atoms with Gasteiger partial charge >= 0.3 is 5.97 Å². The minimum Gasteiger partial charge on any atom is -0.468 e. The Morgan fingerprint density at radius 1 is 1.17 bits per heavy atom. The van der Waals surface area contributed by atoms with Crippen LogP contribution in [0.15, 0.2) is 47.1 Å². The highest BCUT2D eigenvalue weighted by molar-refractivity contribution is 5.93. The van der Waals surface area contributed by atoms with Gasteiger partial charge in [0.15, 0.2) is 5.69 Å². The van der Waals surface area contributed by atoms with E-state index in [4.69, 9.17) is 4.42 Å². The Morgan fingerprint density at radius 3 is 2.57 bits per heavy atom. The van der Waals surface area contributed by atoms with Crippen molar-refractivity contribution in [2.24, 2.45) is 0 Å². The molecule has 0 atom stereocenters. The molecule has 1 aliphatic rings. The summed E-state index contributed by atoms with van der Waals surface area (Å²) >= 11 is 0. The van der Waals surface area contributed by atoms with Crippen molar-refractivity contribution < 1.29 is 18.7 Å². The number of aromatic nitrogens is 1. The van der Waals surface area contributed by atoms with Gasteiger partial charge in [0.25, 0.3) is 5.91 Å². The van der Waals surface area contributed by atoms with Crippen LogP contribution in [0.25, 0.3) is 6.08 Å².